The summed E-state index contributed by atoms with van der Waals surface area (Å²) in [6.45, 7) is 23.5. The zero-order chi connectivity index (χ0) is 42.1. The number of aromatic nitrogens is 4. The molecular formula is C56H48N4OPt. The van der Waals surface area contributed by atoms with Crippen molar-refractivity contribution in [2.24, 2.45) is 0 Å². The molecule has 0 bridgehead atoms. The van der Waals surface area contributed by atoms with E-state index >= 15 is 0 Å². The van der Waals surface area contributed by atoms with E-state index in [-0.39, 0.29) is 42.7 Å². The van der Waals surface area contributed by atoms with Crippen LogP contribution in [0.4, 0.5) is 0 Å². The summed E-state index contributed by atoms with van der Waals surface area (Å²) in [5.74, 6) is 1.24. The first-order valence-corrected chi connectivity index (χ1v) is 21.6. The van der Waals surface area contributed by atoms with Gasteiger partial charge in [-0.3, -0.25) is 9.97 Å². The quantitative estimate of drug-likeness (QED) is 0.130. The number of benzene rings is 6. The van der Waals surface area contributed by atoms with Gasteiger partial charge in [-0.2, -0.15) is 0 Å². The maximum Gasteiger partial charge on any atom is 2.00 e. The van der Waals surface area contributed by atoms with Gasteiger partial charge >= 0.3 is 21.1 Å². The average molecular weight is 988 g/mol. The Morgan fingerprint density at radius 3 is 1.24 bits per heavy atom. The number of ether oxygens (including phenoxy) is 1. The molecule has 2 aliphatic rings. The fraction of sp³-hybridized carbons (Fsp3) is 0.250. The van der Waals surface area contributed by atoms with Gasteiger partial charge in [0.2, 0.25) is 0 Å². The van der Waals surface area contributed by atoms with Crippen molar-refractivity contribution in [3.05, 3.63) is 155 Å². The van der Waals surface area contributed by atoms with Crippen molar-refractivity contribution >= 4 is 54.6 Å². The van der Waals surface area contributed by atoms with E-state index in [0.29, 0.717) is 11.5 Å². The van der Waals surface area contributed by atoms with Crippen molar-refractivity contribution in [1.29, 1.82) is 0 Å². The monoisotopic (exact) mass is 987 g/mol. The predicted octanol–water partition coefficient (Wildman–Crippen LogP) is 14.1. The van der Waals surface area contributed by atoms with Crippen molar-refractivity contribution in [1.82, 2.24) is 18.8 Å². The maximum absolute atomic E-state index is 6.86. The van der Waals surface area contributed by atoms with Crippen LogP contribution in [-0.2, 0) is 42.7 Å². The molecule has 0 N–H and O–H groups in total. The summed E-state index contributed by atoms with van der Waals surface area (Å²) in [6, 6.07) is 46.6. The van der Waals surface area contributed by atoms with Crippen LogP contribution in [0.2, 0.25) is 0 Å². The van der Waals surface area contributed by atoms with Crippen molar-refractivity contribution in [3.8, 4) is 34.0 Å². The van der Waals surface area contributed by atoms with Crippen LogP contribution in [0.3, 0.4) is 0 Å². The molecule has 5 nitrogen and oxygen atoms in total. The van der Waals surface area contributed by atoms with Gasteiger partial charge in [0.25, 0.3) is 0 Å². The summed E-state index contributed by atoms with van der Waals surface area (Å²) in [6.07, 6.45) is 0. The first-order valence-electron chi connectivity index (χ1n) is 21.6. The minimum absolute atomic E-state index is 0. The van der Waals surface area contributed by atoms with Crippen LogP contribution >= 0.6 is 0 Å². The van der Waals surface area contributed by atoms with Gasteiger partial charge in [-0.25, -0.2) is 0 Å². The minimum atomic E-state index is -0.234. The number of pyridine rings is 2. The van der Waals surface area contributed by atoms with Gasteiger partial charge in [0.05, 0.1) is 22.7 Å². The second kappa shape index (κ2) is 12.7. The van der Waals surface area contributed by atoms with E-state index < -0.39 is 0 Å². The summed E-state index contributed by atoms with van der Waals surface area (Å²) >= 11 is 0. The van der Waals surface area contributed by atoms with Crippen LogP contribution in [-0.4, -0.2) is 18.8 Å². The Morgan fingerprint density at radius 1 is 0.468 bits per heavy atom. The van der Waals surface area contributed by atoms with E-state index in [4.69, 9.17) is 14.7 Å². The van der Waals surface area contributed by atoms with Gasteiger partial charge in [0.1, 0.15) is 0 Å². The topological polar surface area (TPSA) is 43.8 Å². The second-order valence-electron chi connectivity index (χ2n) is 19.8. The molecule has 0 saturated carbocycles. The van der Waals surface area contributed by atoms with E-state index in [1.165, 1.54) is 55.4 Å². The molecule has 308 valence electrons. The molecule has 0 amide bonds. The zero-order valence-corrected chi connectivity index (χ0v) is 39.2. The Bertz CT molecular complexity index is 3330. The van der Waals surface area contributed by atoms with Crippen LogP contribution in [0.25, 0.3) is 77.2 Å². The Morgan fingerprint density at radius 2 is 0.855 bits per heavy atom. The number of fused-ring (bicyclic) bond motifs is 6. The largest absolute Gasteiger partial charge is 2.00 e. The summed E-state index contributed by atoms with van der Waals surface area (Å²) in [5, 5.41) is 6.62. The average Bonchev–Trinajstić information content (AvgIpc) is 3.86. The van der Waals surface area contributed by atoms with Crippen LogP contribution < -0.4 is 4.74 Å². The summed E-state index contributed by atoms with van der Waals surface area (Å²) < 4.78 is 11.8. The van der Waals surface area contributed by atoms with Gasteiger partial charge in [-0.05, 0) is 35.7 Å². The third-order valence-electron chi connectivity index (χ3n) is 15.8. The molecular weight excluding hydrogens is 940 g/mol. The molecule has 0 saturated heterocycles. The Kier molecular flexibility index (Phi) is 7.99. The molecule has 4 aromatic heterocycles. The number of hydrogen-bond acceptors (Lipinski definition) is 3. The van der Waals surface area contributed by atoms with Crippen LogP contribution in [0.1, 0.15) is 89.0 Å². The molecule has 0 fully saturated rings. The van der Waals surface area contributed by atoms with Crippen LogP contribution in [0, 0.1) is 26.0 Å². The van der Waals surface area contributed by atoms with E-state index in [0.717, 1.165) is 55.4 Å². The summed E-state index contributed by atoms with van der Waals surface area (Å²) in [7, 11) is 0. The number of aryl methyl sites for hydroxylation is 2. The number of hydrogen-bond donors (Lipinski definition) is 0. The second-order valence-corrected chi connectivity index (χ2v) is 19.8. The fourth-order valence-corrected chi connectivity index (χ4v) is 11.1. The smallest absolute Gasteiger partial charge is 0.497 e. The molecule has 6 heteroatoms. The Labute approximate surface area is 377 Å². The number of nitrogens with zero attached hydrogens (tertiary/aromatic N) is 4. The molecule has 0 aliphatic carbocycles. The van der Waals surface area contributed by atoms with E-state index in [9.17, 15) is 0 Å². The minimum Gasteiger partial charge on any atom is -0.497 e. The Hall–Kier alpha value is -5.77. The van der Waals surface area contributed by atoms with Crippen molar-refractivity contribution in [3.63, 3.8) is 0 Å². The normalized spacial score (nSPS) is 16.6. The first-order chi connectivity index (χ1) is 29.1. The zero-order valence-electron chi connectivity index (χ0n) is 36.9. The van der Waals surface area contributed by atoms with Crippen LogP contribution in [0.15, 0.2) is 109 Å². The van der Waals surface area contributed by atoms with Gasteiger partial charge in [0, 0.05) is 66.7 Å². The van der Waals surface area contributed by atoms with Gasteiger partial charge in [0.15, 0.2) is 0 Å². The van der Waals surface area contributed by atoms with E-state index in [1.807, 2.05) is 0 Å². The fourth-order valence-electron chi connectivity index (χ4n) is 11.1. The third kappa shape index (κ3) is 4.73. The molecule has 6 aromatic carbocycles. The van der Waals surface area contributed by atoms with Crippen LogP contribution in [0.5, 0.6) is 11.5 Å². The SMILES string of the molecule is Cc1ccc2c3c1c1ccc(Oc4[c-]c5c(cc4)c4c(C)ccc6c4n4c(c(-c7ccccc7)nc54)C(C)(C)C6(C)C)[c-]c1c1nc(-c4ccccc4)c(n13)C(C)(C)C2(C)C.[Pt+2]. The standard InChI is InChI=1S/C56H48N4O.Pt/c1-31-21-27-41-47-43(31)37-25-23-35(29-39(37)51-57-45(33-17-13-11-14-18-33)49(59(47)51)55(7,8)53(41,3)4)61-36-24-26-38-40(30-36)52-58-46(34-19-15-12-16-20-34)50-56(9,10)54(5,6)42-28-22-32(2)44(38)48(42)60(50)52;/h11-28H,1-10H3;/q-2;+2. The van der Waals surface area contributed by atoms with Crippen molar-refractivity contribution in [2.75, 3.05) is 0 Å². The van der Waals surface area contributed by atoms with Crippen molar-refractivity contribution in [2.45, 2.75) is 90.9 Å². The Balaban J connectivity index is 0.00000432. The summed E-state index contributed by atoms with van der Waals surface area (Å²) in [4.78, 5) is 11.1. The molecule has 0 spiro atoms. The molecule has 12 rings (SSSR count). The number of rotatable bonds is 4. The van der Waals surface area contributed by atoms with Gasteiger partial charge in [-0.15, -0.1) is 12.1 Å². The summed E-state index contributed by atoms with van der Waals surface area (Å²) in [5.41, 5.74) is 15.4. The first kappa shape index (κ1) is 39.1. The molecule has 6 heterocycles. The number of imidazole rings is 2. The molecule has 2 aliphatic heterocycles. The predicted molar refractivity (Wildman–Crippen MR) is 251 cm³/mol. The molecule has 0 unspecified atom stereocenters. The molecule has 0 atom stereocenters. The maximum atomic E-state index is 6.86. The molecule has 62 heavy (non-hydrogen) atoms. The van der Waals surface area contributed by atoms with Gasteiger partial charge < -0.3 is 13.5 Å². The van der Waals surface area contributed by atoms with E-state index in [1.54, 1.807) is 0 Å². The van der Waals surface area contributed by atoms with Crippen molar-refractivity contribution < 1.29 is 25.8 Å². The molecule has 10 aromatic rings. The third-order valence-corrected chi connectivity index (χ3v) is 15.8. The molecule has 0 radical (unpaired) electrons. The van der Waals surface area contributed by atoms with Gasteiger partial charge in [-0.1, -0.05) is 197 Å². The van der Waals surface area contributed by atoms with E-state index in [2.05, 4.69) is 199 Å².